The first kappa shape index (κ1) is 44.2. The minimum absolute atomic E-state index is 0.508. The maximum absolute atomic E-state index is 5.67. The highest BCUT2D eigenvalue weighted by Crippen LogP contribution is 2.12. The van der Waals surface area contributed by atoms with Gasteiger partial charge >= 0.3 is 0 Å². The van der Waals surface area contributed by atoms with Crippen LogP contribution in [0, 0.1) is 0 Å². The summed E-state index contributed by atoms with van der Waals surface area (Å²) in [7, 11) is 0. The lowest BCUT2D eigenvalue weighted by molar-refractivity contribution is -0.0256. The van der Waals surface area contributed by atoms with Gasteiger partial charge in [0, 0.05) is 6.61 Å². The Bertz CT molecular complexity index is 527. The van der Waals surface area contributed by atoms with E-state index in [9.17, 15) is 0 Å². The number of ether oxygens (including phenoxy) is 10. The first-order chi connectivity index (χ1) is 22.4. The molecule has 45 heavy (non-hydrogen) atoms. The lowest BCUT2D eigenvalue weighted by Gasteiger charge is -2.09. The van der Waals surface area contributed by atoms with Crippen LogP contribution in [0.3, 0.4) is 0 Å². The van der Waals surface area contributed by atoms with Crippen LogP contribution in [-0.4, -0.2) is 126 Å². The third-order valence-corrected chi connectivity index (χ3v) is 6.83. The molecule has 0 fully saturated rings. The molecule has 0 aliphatic rings. The molecule has 0 aliphatic heterocycles. The van der Waals surface area contributed by atoms with Gasteiger partial charge in [-0.15, -0.1) is 0 Å². The largest absolute Gasteiger partial charge is 0.499 e. The molecule has 0 aromatic rings. The van der Waals surface area contributed by atoms with Gasteiger partial charge < -0.3 is 47.4 Å². The Hall–Kier alpha value is -0.820. The SMILES string of the molecule is C=COCCOCCOCCOCCOCCOCCOCCOCCOCCOCCCCCCCCCCCCCCC. The number of hydrogen-bond donors (Lipinski definition) is 0. The second-order valence-corrected chi connectivity index (χ2v) is 10.8. The zero-order chi connectivity index (χ0) is 32.4. The summed E-state index contributed by atoms with van der Waals surface area (Å²) >= 11 is 0. The van der Waals surface area contributed by atoms with E-state index in [4.69, 9.17) is 47.4 Å². The maximum Gasteiger partial charge on any atom is 0.111 e. The summed E-state index contributed by atoms with van der Waals surface area (Å²) in [4.78, 5) is 0. The summed E-state index contributed by atoms with van der Waals surface area (Å²) in [6.45, 7) is 16.4. The average Bonchev–Trinajstić information content (AvgIpc) is 3.05. The van der Waals surface area contributed by atoms with E-state index in [0.717, 1.165) is 13.0 Å². The van der Waals surface area contributed by atoms with Crippen LogP contribution in [0.25, 0.3) is 0 Å². The first-order valence-electron chi connectivity index (χ1n) is 17.8. The molecular formula is C35H70O10. The number of unbranched alkanes of at least 4 members (excludes halogenated alkanes) is 12. The highest BCUT2D eigenvalue weighted by Gasteiger charge is 1.97. The Labute approximate surface area is 276 Å². The van der Waals surface area contributed by atoms with E-state index in [0.29, 0.717) is 119 Å². The van der Waals surface area contributed by atoms with E-state index < -0.39 is 0 Å². The third kappa shape index (κ3) is 43.2. The van der Waals surface area contributed by atoms with E-state index in [-0.39, 0.29) is 0 Å². The first-order valence-corrected chi connectivity index (χ1v) is 17.8. The fourth-order valence-corrected chi connectivity index (χ4v) is 4.27. The van der Waals surface area contributed by atoms with Gasteiger partial charge in [-0.2, -0.15) is 0 Å². The minimum Gasteiger partial charge on any atom is -0.499 e. The van der Waals surface area contributed by atoms with Crippen molar-refractivity contribution in [2.75, 3.05) is 126 Å². The molecule has 0 aromatic carbocycles. The van der Waals surface area contributed by atoms with Gasteiger partial charge in [0.25, 0.3) is 0 Å². The number of rotatable bonds is 42. The molecule has 0 aromatic heterocycles. The van der Waals surface area contributed by atoms with E-state index >= 15 is 0 Å². The van der Waals surface area contributed by atoms with Gasteiger partial charge in [-0.1, -0.05) is 90.6 Å². The van der Waals surface area contributed by atoms with E-state index in [1.54, 1.807) is 0 Å². The van der Waals surface area contributed by atoms with Crippen LogP contribution in [0.5, 0.6) is 0 Å². The van der Waals surface area contributed by atoms with Gasteiger partial charge in [0.05, 0.1) is 119 Å². The Morgan fingerprint density at radius 2 is 0.511 bits per heavy atom. The van der Waals surface area contributed by atoms with Crippen LogP contribution in [0.4, 0.5) is 0 Å². The molecule has 10 nitrogen and oxygen atoms in total. The topological polar surface area (TPSA) is 92.3 Å². The predicted octanol–water partition coefficient (Wildman–Crippen LogP) is 6.39. The predicted molar refractivity (Wildman–Crippen MR) is 179 cm³/mol. The smallest absolute Gasteiger partial charge is 0.111 e. The fourth-order valence-electron chi connectivity index (χ4n) is 4.27. The molecule has 0 atom stereocenters. The third-order valence-electron chi connectivity index (χ3n) is 6.83. The Balaban J connectivity index is 3.03. The van der Waals surface area contributed by atoms with Crippen molar-refractivity contribution in [3.8, 4) is 0 Å². The molecule has 270 valence electrons. The van der Waals surface area contributed by atoms with Crippen molar-refractivity contribution in [1.29, 1.82) is 0 Å². The van der Waals surface area contributed by atoms with Gasteiger partial charge in [-0.25, -0.2) is 0 Å². The van der Waals surface area contributed by atoms with Crippen LogP contribution >= 0.6 is 0 Å². The van der Waals surface area contributed by atoms with Gasteiger partial charge in [-0.3, -0.25) is 0 Å². The molecule has 0 saturated heterocycles. The van der Waals surface area contributed by atoms with Crippen molar-refractivity contribution in [2.45, 2.75) is 90.4 Å². The van der Waals surface area contributed by atoms with Gasteiger partial charge in [0.15, 0.2) is 0 Å². The van der Waals surface area contributed by atoms with Crippen molar-refractivity contribution < 1.29 is 47.4 Å². The Morgan fingerprint density at radius 3 is 0.778 bits per heavy atom. The molecule has 0 unspecified atom stereocenters. The zero-order valence-electron chi connectivity index (χ0n) is 29.0. The van der Waals surface area contributed by atoms with Crippen LogP contribution in [0.2, 0.25) is 0 Å². The van der Waals surface area contributed by atoms with Crippen molar-refractivity contribution in [3.05, 3.63) is 12.8 Å². The summed E-state index contributed by atoms with van der Waals surface area (Å²) in [6.07, 6.45) is 19.2. The quantitative estimate of drug-likeness (QED) is 0.0547. The molecule has 0 saturated carbocycles. The number of hydrogen-bond acceptors (Lipinski definition) is 10. The molecule has 0 rings (SSSR count). The molecule has 0 aliphatic carbocycles. The normalized spacial score (nSPS) is 11.4. The van der Waals surface area contributed by atoms with Crippen LogP contribution in [0.15, 0.2) is 12.8 Å². The summed E-state index contributed by atoms with van der Waals surface area (Å²) in [5, 5.41) is 0. The molecule has 0 radical (unpaired) electrons. The molecule has 0 bridgehead atoms. The van der Waals surface area contributed by atoms with E-state index in [2.05, 4.69) is 13.5 Å². The second kappa shape index (κ2) is 43.2. The molecule has 0 N–H and O–H groups in total. The minimum atomic E-state index is 0.508. The summed E-state index contributed by atoms with van der Waals surface area (Å²) in [5.41, 5.74) is 0. The summed E-state index contributed by atoms with van der Waals surface area (Å²) in [6, 6.07) is 0. The zero-order valence-corrected chi connectivity index (χ0v) is 29.0. The van der Waals surface area contributed by atoms with E-state index in [1.807, 2.05) is 0 Å². The van der Waals surface area contributed by atoms with Crippen LogP contribution in [-0.2, 0) is 47.4 Å². The highest BCUT2D eigenvalue weighted by molar-refractivity contribution is 4.49. The molecule has 10 heteroatoms. The maximum atomic E-state index is 5.67. The molecule has 0 spiro atoms. The van der Waals surface area contributed by atoms with Crippen molar-refractivity contribution in [2.24, 2.45) is 0 Å². The molecule has 0 heterocycles. The Morgan fingerprint density at radius 1 is 0.289 bits per heavy atom. The van der Waals surface area contributed by atoms with Crippen molar-refractivity contribution >= 4 is 0 Å². The Kier molecular flexibility index (Phi) is 42.4. The summed E-state index contributed by atoms with van der Waals surface area (Å²) in [5.74, 6) is 0. The lowest BCUT2D eigenvalue weighted by atomic mass is 10.0. The lowest BCUT2D eigenvalue weighted by Crippen LogP contribution is -2.15. The van der Waals surface area contributed by atoms with Crippen molar-refractivity contribution in [3.63, 3.8) is 0 Å². The highest BCUT2D eigenvalue weighted by atomic mass is 16.6. The average molecular weight is 651 g/mol. The van der Waals surface area contributed by atoms with Crippen LogP contribution < -0.4 is 0 Å². The molecular weight excluding hydrogens is 580 g/mol. The molecule has 0 amide bonds. The van der Waals surface area contributed by atoms with Crippen LogP contribution in [0.1, 0.15) is 90.4 Å². The summed E-state index contributed by atoms with van der Waals surface area (Å²) < 4.78 is 54.4. The van der Waals surface area contributed by atoms with Crippen molar-refractivity contribution in [1.82, 2.24) is 0 Å². The van der Waals surface area contributed by atoms with E-state index in [1.165, 1.54) is 83.3 Å². The van der Waals surface area contributed by atoms with Gasteiger partial charge in [-0.05, 0) is 6.42 Å². The fraction of sp³-hybridized carbons (Fsp3) is 0.943. The second-order valence-electron chi connectivity index (χ2n) is 10.8. The van der Waals surface area contributed by atoms with Gasteiger partial charge in [0.2, 0.25) is 0 Å². The monoisotopic (exact) mass is 650 g/mol. The standard InChI is InChI=1S/C35H70O10/c1-3-5-6-7-8-9-10-11-12-13-14-15-16-17-37-20-21-39-24-25-41-28-29-43-32-33-45-35-34-44-31-30-42-27-26-40-23-22-38-19-18-36-4-2/h4H,2-3,5-35H2,1H3. The van der Waals surface area contributed by atoms with Gasteiger partial charge in [0.1, 0.15) is 6.61 Å².